The first-order valence-corrected chi connectivity index (χ1v) is 20.6. The summed E-state index contributed by atoms with van der Waals surface area (Å²) in [7, 11) is 1.50. The van der Waals surface area contributed by atoms with Crippen molar-refractivity contribution in [3.63, 3.8) is 0 Å². The molecule has 2 N–H and O–H groups in total. The Morgan fingerprint density at radius 2 is 1.69 bits per heavy atom. The van der Waals surface area contributed by atoms with Crippen molar-refractivity contribution in [2.45, 2.75) is 38.4 Å². The van der Waals surface area contributed by atoms with Crippen LogP contribution in [-0.2, 0) is 41.7 Å². The molecule has 3 heterocycles. The van der Waals surface area contributed by atoms with Gasteiger partial charge in [-0.3, -0.25) is 34.6 Å². The number of hydrogen-bond acceptors (Lipinski definition) is 14. The van der Waals surface area contributed by atoms with Crippen LogP contribution in [0.2, 0.25) is 5.02 Å². The van der Waals surface area contributed by atoms with Crippen molar-refractivity contribution in [1.29, 1.82) is 0 Å². The van der Waals surface area contributed by atoms with Crippen LogP contribution in [0.15, 0.2) is 79.1 Å². The minimum absolute atomic E-state index is 0.0563. The zero-order chi connectivity index (χ0) is 45.2. The van der Waals surface area contributed by atoms with Gasteiger partial charge >= 0.3 is 0 Å². The van der Waals surface area contributed by atoms with E-state index in [9.17, 15) is 33.7 Å². The third-order valence-electron chi connectivity index (χ3n) is 10.4. The summed E-state index contributed by atoms with van der Waals surface area (Å²) in [6.45, 7) is 1.96. The molecule has 0 aliphatic carbocycles. The fraction of sp³-hybridized carbons (Fsp3) is 0.318. The third-order valence-corrected chi connectivity index (χ3v) is 10.7. The summed E-state index contributed by atoms with van der Waals surface area (Å²) in [5.41, 5.74) is 3.21. The average molecular weight is 900 g/mol. The Morgan fingerprint density at radius 3 is 2.39 bits per heavy atom. The minimum Gasteiger partial charge on any atom is -0.493 e. The highest BCUT2D eigenvalue weighted by Gasteiger charge is 2.40. The number of piperidine rings is 1. The van der Waals surface area contributed by atoms with Gasteiger partial charge in [-0.25, -0.2) is 14.4 Å². The quantitative estimate of drug-likeness (QED) is 0.0380. The van der Waals surface area contributed by atoms with Gasteiger partial charge in [0.2, 0.25) is 17.7 Å². The van der Waals surface area contributed by atoms with E-state index in [2.05, 4.69) is 20.6 Å². The Kier molecular flexibility index (Phi) is 14.9. The summed E-state index contributed by atoms with van der Waals surface area (Å²) in [4.78, 5) is 72.7. The smallest absolute Gasteiger partial charge is 0.269 e. The summed E-state index contributed by atoms with van der Waals surface area (Å²) < 4.78 is 42.7. The maximum Gasteiger partial charge on any atom is 0.269 e. The van der Waals surface area contributed by atoms with Gasteiger partial charge in [0.1, 0.15) is 30.6 Å². The van der Waals surface area contributed by atoms with Crippen LogP contribution in [-0.4, -0.2) is 103 Å². The van der Waals surface area contributed by atoms with Gasteiger partial charge in [-0.1, -0.05) is 29.8 Å². The summed E-state index contributed by atoms with van der Waals surface area (Å²) in [5.74, 6) is -0.832. The fourth-order valence-corrected chi connectivity index (χ4v) is 7.39. The molecule has 0 spiro atoms. The molecule has 1 saturated heterocycles. The molecule has 0 saturated carbocycles. The number of halogens is 2. The predicted molar refractivity (Wildman–Crippen MR) is 230 cm³/mol. The number of carbonyl (C=O) groups excluding carboxylic acids is 4. The average Bonchev–Trinajstić information content (AvgIpc) is 3.62. The van der Waals surface area contributed by atoms with Gasteiger partial charge in [0, 0.05) is 65.6 Å². The number of nitrogens with zero attached hydrogens (tertiary/aromatic N) is 5. The van der Waals surface area contributed by atoms with Crippen LogP contribution in [0.3, 0.4) is 0 Å². The Bertz CT molecular complexity index is 2550. The van der Waals surface area contributed by atoms with Crippen LogP contribution in [0, 0.1) is 15.9 Å². The number of benzene rings is 4. The van der Waals surface area contributed by atoms with Crippen molar-refractivity contribution < 1.29 is 52.2 Å². The van der Waals surface area contributed by atoms with Gasteiger partial charge in [-0.15, -0.1) is 0 Å². The van der Waals surface area contributed by atoms with Crippen LogP contribution < -0.4 is 25.0 Å². The number of imide groups is 1. The highest BCUT2D eigenvalue weighted by molar-refractivity contribution is 6.31. The first-order valence-electron chi connectivity index (χ1n) is 20.2. The Morgan fingerprint density at radius 1 is 0.953 bits per heavy atom. The fourth-order valence-electron chi connectivity index (χ4n) is 7.22. The number of rotatable bonds is 21. The van der Waals surface area contributed by atoms with Crippen molar-refractivity contribution >= 4 is 69.0 Å². The zero-order valence-electron chi connectivity index (χ0n) is 34.6. The van der Waals surface area contributed by atoms with Crippen LogP contribution in [0.4, 0.5) is 27.3 Å². The van der Waals surface area contributed by atoms with Crippen molar-refractivity contribution in [1.82, 2.24) is 20.2 Å². The van der Waals surface area contributed by atoms with E-state index in [1.165, 1.54) is 42.6 Å². The number of aromatic nitrogens is 2. The molecule has 2 aliphatic rings. The Hall–Kier alpha value is -6.80. The molecule has 64 heavy (non-hydrogen) atoms. The lowest BCUT2D eigenvalue weighted by molar-refractivity contribution is -0.384. The number of nitro groups is 1. The maximum atomic E-state index is 14.2. The van der Waals surface area contributed by atoms with Crippen molar-refractivity contribution in [2.75, 3.05) is 63.6 Å². The van der Waals surface area contributed by atoms with E-state index < -0.39 is 22.7 Å². The highest BCUT2D eigenvalue weighted by atomic mass is 35.5. The molecule has 5 aromatic rings. The summed E-state index contributed by atoms with van der Waals surface area (Å²) >= 11 is 6.19. The molecule has 7 rings (SSSR count). The van der Waals surface area contributed by atoms with Crippen LogP contribution in [0.5, 0.6) is 11.5 Å². The lowest BCUT2D eigenvalue weighted by atomic mass is 10.0. The number of methoxy groups -OCH3 is 1. The SMILES string of the molecule is COc1cc2ncnc(N(Cc3ccc([N+](=O)[O-])cc3)c3ccc(F)c(Cl)c3)c2cc1OCCOCCOCCOCCC(=O)Nc1cccc2c1CN(C1CCC(=O)NC1=O)C2=O. The number of nitro benzene ring substituents is 1. The van der Waals surface area contributed by atoms with Crippen molar-refractivity contribution in [3.8, 4) is 11.5 Å². The second kappa shape index (κ2) is 21.0. The van der Waals surface area contributed by atoms with Gasteiger partial charge in [-0.05, 0) is 48.4 Å². The molecule has 0 radical (unpaired) electrons. The normalized spacial score (nSPS) is 14.6. The molecule has 18 nitrogen and oxygen atoms in total. The molecule has 334 valence electrons. The van der Waals surface area contributed by atoms with E-state index in [0.29, 0.717) is 56.3 Å². The molecule has 1 unspecified atom stereocenters. The third kappa shape index (κ3) is 10.9. The number of ether oxygens (including phenoxy) is 5. The largest absolute Gasteiger partial charge is 0.493 e. The number of non-ortho nitro benzene ring substituents is 1. The summed E-state index contributed by atoms with van der Waals surface area (Å²) in [6, 6.07) is 18.1. The van der Waals surface area contributed by atoms with Crippen molar-refractivity contribution in [2.24, 2.45) is 0 Å². The molecule has 1 fully saturated rings. The number of amides is 4. The van der Waals surface area contributed by atoms with Gasteiger partial charge in [0.05, 0.1) is 68.6 Å². The van der Waals surface area contributed by atoms with E-state index >= 15 is 0 Å². The summed E-state index contributed by atoms with van der Waals surface area (Å²) in [5, 5.41) is 16.9. The number of anilines is 3. The van der Waals surface area contributed by atoms with Crippen molar-refractivity contribution in [3.05, 3.63) is 117 Å². The Labute approximate surface area is 370 Å². The van der Waals surface area contributed by atoms with Gasteiger partial charge in [0.25, 0.3) is 11.6 Å². The van der Waals surface area contributed by atoms with Crippen LogP contribution in [0.1, 0.15) is 40.7 Å². The molecule has 1 atom stereocenters. The molecule has 1 aromatic heterocycles. The first-order chi connectivity index (χ1) is 31.0. The molecular weight excluding hydrogens is 857 g/mol. The van der Waals surface area contributed by atoms with E-state index in [-0.39, 0.29) is 107 Å². The van der Waals surface area contributed by atoms with E-state index in [4.69, 9.17) is 35.3 Å². The number of hydrogen-bond donors (Lipinski definition) is 2. The predicted octanol–water partition coefficient (Wildman–Crippen LogP) is 5.90. The molecule has 4 amide bonds. The van der Waals surface area contributed by atoms with Gasteiger partial charge < -0.3 is 38.8 Å². The van der Waals surface area contributed by atoms with Crippen LogP contribution >= 0.6 is 11.6 Å². The standard InChI is InChI=1S/C44H43ClFN7O11/c1-60-38-23-36-31(42(48-26-47-36)51(29-9-10-34(46)33(45)21-29)24-27-5-7-28(8-6-27)53(58)59)22-39(38)64-20-19-63-18-17-62-16-15-61-14-13-41(55)49-35-4-2-3-30-32(35)25-52(44(30)57)37-11-12-40(54)50-43(37)56/h2-10,21-23,26,37H,11-20,24-25H2,1H3,(H,49,55)(H,50,54,56). The van der Waals surface area contributed by atoms with Gasteiger partial charge in [-0.2, -0.15) is 0 Å². The van der Waals surface area contributed by atoms with Crippen LogP contribution in [0.25, 0.3) is 10.9 Å². The van der Waals surface area contributed by atoms with E-state index in [0.717, 1.165) is 0 Å². The monoisotopic (exact) mass is 899 g/mol. The summed E-state index contributed by atoms with van der Waals surface area (Å²) in [6.07, 6.45) is 1.85. The molecule has 2 aliphatic heterocycles. The number of fused-ring (bicyclic) bond motifs is 2. The molecule has 0 bridgehead atoms. The molecule has 4 aromatic carbocycles. The topological polar surface area (TPSA) is 214 Å². The highest BCUT2D eigenvalue weighted by Crippen LogP contribution is 2.39. The number of carbonyl (C=O) groups is 4. The zero-order valence-corrected chi connectivity index (χ0v) is 35.3. The van der Waals surface area contributed by atoms with E-state index in [1.807, 2.05) is 0 Å². The van der Waals surface area contributed by atoms with Gasteiger partial charge in [0.15, 0.2) is 11.5 Å². The lowest BCUT2D eigenvalue weighted by Gasteiger charge is -2.29. The lowest BCUT2D eigenvalue weighted by Crippen LogP contribution is -2.52. The maximum absolute atomic E-state index is 14.2. The Balaban J connectivity index is 0.841. The molecular formula is C44H43ClFN7O11. The van der Waals surface area contributed by atoms with E-state index in [1.54, 1.807) is 53.4 Å². The first kappa shape index (κ1) is 45.2. The minimum atomic E-state index is -0.752. The molecule has 20 heteroatoms. The number of nitrogens with one attached hydrogen (secondary N) is 2. The second-order valence-corrected chi connectivity index (χ2v) is 14.9. The second-order valence-electron chi connectivity index (χ2n) is 14.5.